The molecular formula is C25H24N4O. The van der Waals surface area contributed by atoms with E-state index in [1.165, 1.54) is 11.1 Å². The van der Waals surface area contributed by atoms with Crippen molar-refractivity contribution in [1.82, 2.24) is 15.1 Å². The van der Waals surface area contributed by atoms with E-state index in [2.05, 4.69) is 36.7 Å². The number of allylic oxidation sites excluding steroid dienone is 4. The highest BCUT2D eigenvalue weighted by molar-refractivity contribution is 5.98. The number of nitrogens with zero attached hydrogens (tertiary/aromatic N) is 3. The highest BCUT2D eigenvalue weighted by Gasteiger charge is 2.12. The van der Waals surface area contributed by atoms with Crippen molar-refractivity contribution in [2.24, 2.45) is 0 Å². The van der Waals surface area contributed by atoms with Crippen LogP contribution in [0.25, 0.3) is 22.0 Å². The number of nitriles is 1. The second-order valence-corrected chi connectivity index (χ2v) is 7.62. The lowest BCUT2D eigenvalue weighted by Crippen LogP contribution is -2.24. The maximum Gasteiger partial charge on any atom is 0.251 e. The third kappa shape index (κ3) is 4.33. The third-order valence-electron chi connectivity index (χ3n) is 5.28. The van der Waals surface area contributed by atoms with E-state index in [4.69, 9.17) is 10.4 Å². The predicted molar refractivity (Wildman–Crippen MR) is 119 cm³/mol. The van der Waals surface area contributed by atoms with Crippen LogP contribution in [0.1, 0.15) is 36.5 Å². The van der Waals surface area contributed by atoms with E-state index in [0.717, 1.165) is 41.4 Å². The van der Waals surface area contributed by atoms with Gasteiger partial charge in [0.05, 0.1) is 24.6 Å². The predicted octanol–water partition coefficient (Wildman–Crippen LogP) is 5.01. The van der Waals surface area contributed by atoms with Crippen LogP contribution in [0.5, 0.6) is 0 Å². The second-order valence-electron chi connectivity index (χ2n) is 7.62. The van der Waals surface area contributed by atoms with Crippen LogP contribution in [0.3, 0.4) is 0 Å². The highest BCUT2D eigenvalue weighted by atomic mass is 16.1. The van der Waals surface area contributed by atoms with Gasteiger partial charge in [0.25, 0.3) is 5.91 Å². The Labute approximate surface area is 176 Å². The molecule has 2 aromatic carbocycles. The Morgan fingerprint density at radius 3 is 2.97 bits per heavy atom. The van der Waals surface area contributed by atoms with E-state index < -0.39 is 0 Å². The molecule has 0 bridgehead atoms. The molecule has 0 fully saturated rings. The number of carbonyl (C=O) groups is 1. The Balaban J connectivity index is 1.63. The summed E-state index contributed by atoms with van der Waals surface area (Å²) in [7, 11) is 0. The Hall–Kier alpha value is -3.65. The van der Waals surface area contributed by atoms with Gasteiger partial charge in [-0.2, -0.15) is 10.4 Å². The van der Waals surface area contributed by atoms with E-state index >= 15 is 0 Å². The molecule has 0 unspecified atom stereocenters. The van der Waals surface area contributed by atoms with Crippen LogP contribution in [0, 0.1) is 11.3 Å². The number of hydrogen-bond donors (Lipinski definition) is 1. The number of hydrogen-bond acceptors (Lipinski definition) is 3. The zero-order valence-corrected chi connectivity index (χ0v) is 17.1. The molecule has 1 amide bonds. The number of fused-ring (bicyclic) bond motifs is 1. The molecule has 0 aliphatic heterocycles. The van der Waals surface area contributed by atoms with E-state index in [-0.39, 0.29) is 5.91 Å². The van der Waals surface area contributed by atoms with E-state index in [9.17, 15) is 4.79 Å². The van der Waals surface area contributed by atoms with Gasteiger partial charge < -0.3 is 5.32 Å². The molecule has 1 aliphatic rings. The molecule has 0 atom stereocenters. The molecule has 1 N–H and O–H groups in total. The number of carbonyl (C=O) groups excluding carboxylic acids is 1. The van der Waals surface area contributed by atoms with Gasteiger partial charge in [0, 0.05) is 23.7 Å². The van der Waals surface area contributed by atoms with Gasteiger partial charge in [-0.15, -0.1) is 0 Å². The van der Waals surface area contributed by atoms with Crippen molar-refractivity contribution in [2.45, 2.75) is 32.7 Å². The number of aromatic nitrogens is 2. The molecular weight excluding hydrogens is 372 g/mol. The van der Waals surface area contributed by atoms with Crippen molar-refractivity contribution in [2.75, 3.05) is 6.54 Å². The monoisotopic (exact) mass is 396 g/mol. The molecule has 0 radical (unpaired) electrons. The van der Waals surface area contributed by atoms with Crippen molar-refractivity contribution >= 4 is 16.8 Å². The van der Waals surface area contributed by atoms with Crippen molar-refractivity contribution in [3.8, 4) is 17.2 Å². The lowest BCUT2D eigenvalue weighted by Gasteiger charge is -2.10. The van der Waals surface area contributed by atoms with Gasteiger partial charge in [0.15, 0.2) is 0 Å². The maximum atomic E-state index is 12.4. The molecule has 5 heteroatoms. The van der Waals surface area contributed by atoms with Crippen molar-refractivity contribution in [3.63, 3.8) is 0 Å². The number of amides is 1. The van der Waals surface area contributed by atoms with Gasteiger partial charge in [0.2, 0.25) is 0 Å². The van der Waals surface area contributed by atoms with Crippen LogP contribution >= 0.6 is 0 Å². The van der Waals surface area contributed by atoms with Crippen LogP contribution in [0.4, 0.5) is 0 Å². The van der Waals surface area contributed by atoms with Gasteiger partial charge in [-0.25, -0.2) is 0 Å². The molecule has 4 rings (SSSR count). The summed E-state index contributed by atoms with van der Waals surface area (Å²) in [6.45, 7) is 3.28. The van der Waals surface area contributed by atoms with Gasteiger partial charge in [-0.3, -0.25) is 9.48 Å². The van der Waals surface area contributed by atoms with Crippen LogP contribution in [-0.2, 0) is 6.54 Å². The van der Waals surface area contributed by atoms with Crippen molar-refractivity contribution in [1.29, 1.82) is 5.26 Å². The van der Waals surface area contributed by atoms with Crippen LogP contribution in [0.2, 0.25) is 0 Å². The fourth-order valence-corrected chi connectivity index (χ4v) is 3.82. The first-order valence-corrected chi connectivity index (χ1v) is 10.2. The van der Waals surface area contributed by atoms with Gasteiger partial charge in [-0.1, -0.05) is 42.0 Å². The summed E-state index contributed by atoms with van der Waals surface area (Å²) in [6, 6.07) is 15.7. The first-order valence-electron chi connectivity index (χ1n) is 10.2. The molecule has 150 valence electrons. The number of nitrogens with one attached hydrogen (secondary N) is 1. The first-order chi connectivity index (χ1) is 14.6. The minimum absolute atomic E-state index is 0.165. The molecule has 0 spiro atoms. The topological polar surface area (TPSA) is 70.7 Å². The lowest BCUT2D eigenvalue weighted by molar-refractivity contribution is 0.0954. The second kappa shape index (κ2) is 8.79. The molecule has 1 heterocycles. The number of benzene rings is 2. The third-order valence-corrected chi connectivity index (χ3v) is 5.28. The number of rotatable bonds is 6. The fourth-order valence-electron chi connectivity index (χ4n) is 3.82. The van der Waals surface area contributed by atoms with E-state index in [1.54, 1.807) is 6.07 Å². The van der Waals surface area contributed by atoms with E-state index in [0.29, 0.717) is 18.5 Å². The van der Waals surface area contributed by atoms with Crippen LogP contribution < -0.4 is 5.32 Å². The average Bonchev–Trinajstić information content (AvgIpc) is 3.16. The minimum Gasteiger partial charge on any atom is -0.351 e. The fraction of sp³-hybridized carbons (Fsp3) is 0.240. The summed E-state index contributed by atoms with van der Waals surface area (Å²) in [4.78, 5) is 12.4. The lowest BCUT2D eigenvalue weighted by atomic mass is 9.99. The molecule has 5 nitrogen and oxygen atoms in total. The quantitative estimate of drug-likeness (QED) is 0.595. The Morgan fingerprint density at radius 1 is 1.27 bits per heavy atom. The molecule has 0 saturated heterocycles. The van der Waals surface area contributed by atoms with Crippen LogP contribution in [-0.4, -0.2) is 22.2 Å². The summed E-state index contributed by atoms with van der Waals surface area (Å²) < 4.78 is 1.99. The van der Waals surface area contributed by atoms with Gasteiger partial charge >= 0.3 is 0 Å². The smallest absolute Gasteiger partial charge is 0.251 e. The van der Waals surface area contributed by atoms with E-state index in [1.807, 2.05) is 41.1 Å². The van der Waals surface area contributed by atoms with Gasteiger partial charge in [-0.05, 0) is 54.7 Å². The molecule has 1 aromatic heterocycles. The average molecular weight is 396 g/mol. The Morgan fingerprint density at radius 2 is 2.13 bits per heavy atom. The van der Waals surface area contributed by atoms with Crippen molar-refractivity contribution in [3.05, 3.63) is 77.5 Å². The molecule has 30 heavy (non-hydrogen) atoms. The Bertz CT molecular complexity index is 1190. The molecule has 0 saturated carbocycles. The minimum atomic E-state index is -0.165. The zero-order chi connectivity index (χ0) is 20.9. The zero-order valence-electron chi connectivity index (χ0n) is 17.1. The SMILES string of the molecule is CC1=CC(Cn2cc3c(-c4cccc(C(=O)NCCC#N)c4)cccc3n2)=CCC1. The van der Waals surface area contributed by atoms with Crippen LogP contribution in [0.15, 0.2) is 72.0 Å². The largest absolute Gasteiger partial charge is 0.351 e. The highest BCUT2D eigenvalue weighted by Crippen LogP contribution is 2.29. The molecule has 3 aromatic rings. The summed E-state index contributed by atoms with van der Waals surface area (Å²) in [6.07, 6.45) is 9.15. The molecule has 1 aliphatic carbocycles. The Kier molecular flexibility index (Phi) is 5.76. The van der Waals surface area contributed by atoms with Gasteiger partial charge in [0.1, 0.15) is 0 Å². The summed E-state index contributed by atoms with van der Waals surface area (Å²) >= 11 is 0. The maximum absolute atomic E-state index is 12.4. The van der Waals surface area contributed by atoms with Crippen molar-refractivity contribution < 1.29 is 4.79 Å². The summed E-state index contributed by atoms with van der Waals surface area (Å²) in [5.41, 5.74) is 6.26. The summed E-state index contributed by atoms with van der Waals surface area (Å²) in [5.74, 6) is -0.165. The first kappa shape index (κ1) is 19.7. The normalized spacial score (nSPS) is 13.5. The summed E-state index contributed by atoms with van der Waals surface area (Å²) in [5, 5.41) is 17.3. The standard InChI is InChI=1S/C25H24N4O/c1-18-6-2-7-19(14-18)16-29-17-23-22(10-4-11-24(23)28-29)20-8-3-9-21(15-20)25(30)27-13-5-12-26/h3-4,7-11,14-15,17H,2,5-6,13,16H2,1H3,(H,27,30).